The first-order valence-electron chi connectivity index (χ1n) is 10.3. The molecule has 0 aromatic rings. The van der Waals surface area contributed by atoms with Crippen LogP contribution >= 0.6 is 0 Å². The average molecular weight is 485 g/mol. The number of halogens is 2. The first-order valence-corrected chi connectivity index (χ1v) is 12.8. The molecule has 0 radical (unpaired) electrons. The second-order valence-electron chi connectivity index (χ2n) is 9.61. The van der Waals surface area contributed by atoms with E-state index in [9.17, 15) is 0 Å². The summed E-state index contributed by atoms with van der Waals surface area (Å²) in [6.07, 6.45) is 17.1. The van der Waals surface area contributed by atoms with Crippen LogP contribution in [0.1, 0.15) is 54.4 Å². The van der Waals surface area contributed by atoms with Crippen LogP contribution in [-0.2, 0) is 23.2 Å². The molecule has 8 unspecified atom stereocenters. The second-order valence-corrected chi connectivity index (χ2v) is 15.3. The molecule has 2 saturated carbocycles. The molecule has 0 amide bonds. The van der Waals surface area contributed by atoms with Gasteiger partial charge in [0.15, 0.2) is 0 Å². The van der Waals surface area contributed by atoms with Crippen LogP contribution in [0.2, 0.25) is 6.25 Å². The largest absolute Gasteiger partial charge is 1.00 e. The smallest absolute Gasteiger partial charge is 1.00 e. The van der Waals surface area contributed by atoms with Crippen molar-refractivity contribution in [3.63, 3.8) is 0 Å². The van der Waals surface area contributed by atoms with E-state index in [1.807, 2.05) is 11.1 Å². The van der Waals surface area contributed by atoms with E-state index in [0.29, 0.717) is 6.25 Å². The number of fused-ring (bicyclic) bond motifs is 2. The fourth-order valence-corrected chi connectivity index (χ4v) is 13.7. The van der Waals surface area contributed by atoms with E-state index in [0.717, 1.165) is 35.5 Å². The molecule has 4 aliphatic rings. The van der Waals surface area contributed by atoms with E-state index in [2.05, 4.69) is 78.0 Å². The van der Waals surface area contributed by atoms with Crippen LogP contribution in [0.5, 0.6) is 0 Å². The molecule has 0 nitrogen and oxygen atoms in total. The molecule has 0 heterocycles. The van der Waals surface area contributed by atoms with Gasteiger partial charge in [0.1, 0.15) is 0 Å². The molecule has 0 aromatic heterocycles. The van der Waals surface area contributed by atoms with E-state index in [4.69, 9.17) is 0 Å². The van der Waals surface area contributed by atoms with Gasteiger partial charge in [0.2, 0.25) is 0 Å². The molecule has 27 heavy (non-hydrogen) atoms. The van der Waals surface area contributed by atoms with Gasteiger partial charge in [0, 0.05) is 0 Å². The minimum absolute atomic E-state index is 0. The maximum atomic E-state index is 2.67. The zero-order valence-electron chi connectivity index (χ0n) is 17.6. The van der Waals surface area contributed by atoms with Crippen molar-refractivity contribution in [2.24, 2.45) is 35.5 Å². The molecule has 0 N–H and O–H groups in total. The summed E-state index contributed by atoms with van der Waals surface area (Å²) in [7, 11) is 0. The van der Waals surface area contributed by atoms with Gasteiger partial charge in [-0.15, -0.1) is 0 Å². The maximum absolute atomic E-state index is 2.67. The Labute approximate surface area is 190 Å². The Hall–Kier alpha value is 0.423. The Kier molecular flexibility index (Phi) is 7.27. The summed E-state index contributed by atoms with van der Waals surface area (Å²) in [6.45, 7) is 15.5. The summed E-state index contributed by atoms with van der Waals surface area (Å²) in [5, 5.41) is 0. The maximum Gasteiger partial charge on any atom is -1.00 e. The van der Waals surface area contributed by atoms with Gasteiger partial charge < -0.3 is 24.8 Å². The number of allylic oxidation sites excluding steroid dienone is 8. The van der Waals surface area contributed by atoms with Crippen LogP contribution in [0.25, 0.3) is 0 Å². The van der Waals surface area contributed by atoms with Crippen molar-refractivity contribution < 1.29 is 48.0 Å². The van der Waals surface area contributed by atoms with Crippen molar-refractivity contribution >= 4 is 0 Å². The van der Waals surface area contributed by atoms with Crippen LogP contribution in [-0.4, -0.2) is 0 Å². The summed E-state index contributed by atoms with van der Waals surface area (Å²) >= 11 is -0.692. The average Bonchev–Trinajstić information content (AvgIpc) is 2.93. The van der Waals surface area contributed by atoms with Gasteiger partial charge in [-0.25, -0.2) is 0 Å². The van der Waals surface area contributed by atoms with Gasteiger partial charge >= 0.3 is 167 Å². The first kappa shape index (κ1) is 23.7. The third-order valence-corrected chi connectivity index (χ3v) is 15.0. The molecule has 0 spiro atoms. The Morgan fingerprint density at radius 3 is 1.48 bits per heavy atom. The Morgan fingerprint density at radius 2 is 1.11 bits per heavy atom. The molecule has 0 aliphatic heterocycles. The van der Waals surface area contributed by atoms with Gasteiger partial charge in [-0.2, -0.15) is 0 Å². The van der Waals surface area contributed by atoms with Crippen LogP contribution < -0.4 is 24.8 Å². The predicted molar refractivity (Wildman–Crippen MR) is 104 cm³/mol. The summed E-state index contributed by atoms with van der Waals surface area (Å²) in [5.41, 5.74) is 3.66. The van der Waals surface area contributed by atoms with Gasteiger partial charge in [0.25, 0.3) is 0 Å². The third kappa shape index (κ3) is 3.37. The van der Waals surface area contributed by atoms with Crippen LogP contribution in [0.3, 0.4) is 0 Å². The van der Waals surface area contributed by atoms with Crippen molar-refractivity contribution in [3.05, 3.63) is 47.6 Å². The van der Waals surface area contributed by atoms with Gasteiger partial charge in [-0.3, -0.25) is 0 Å². The zero-order valence-corrected chi connectivity index (χ0v) is 21.6. The van der Waals surface area contributed by atoms with E-state index in [1.165, 1.54) is 12.8 Å². The monoisotopic (exact) mass is 482 g/mol. The molecule has 148 valence electrons. The minimum atomic E-state index is -0.692. The van der Waals surface area contributed by atoms with Crippen LogP contribution in [0.15, 0.2) is 47.6 Å². The summed E-state index contributed by atoms with van der Waals surface area (Å²) in [5.74, 6) is 5.01. The molecular weight excluding hydrogens is 450 g/mol. The van der Waals surface area contributed by atoms with E-state index < -0.39 is 23.2 Å². The van der Waals surface area contributed by atoms with E-state index in [-0.39, 0.29) is 24.8 Å². The van der Waals surface area contributed by atoms with Gasteiger partial charge in [0.05, 0.1) is 0 Å². The van der Waals surface area contributed by atoms with E-state index in [1.54, 1.807) is 0 Å². The van der Waals surface area contributed by atoms with Crippen molar-refractivity contribution in [2.45, 2.75) is 60.6 Å². The minimum Gasteiger partial charge on any atom is -1.00 e. The van der Waals surface area contributed by atoms with Gasteiger partial charge in [-0.05, 0) is 0 Å². The molecular formula is C24H34Cl2Zr. The number of hydrogen-bond acceptors (Lipinski definition) is 0. The fraction of sp³-hybridized carbons (Fsp3) is 0.667. The second kappa shape index (κ2) is 8.28. The zero-order chi connectivity index (χ0) is 18.0. The summed E-state index contributed by atoms with van der Waals surface area (Å²) < 4.78 is 1.02. The summed E-state index contributed by atoms with van der Waals surface area (Å²) in [4.78, 5) is 0. The molecule has 4 rings (SSSR count). The van der Waals surface area contributed by atoms with Crippen LogP contribution in [0.4, 0.5) is 0 Å². The Morgan fingerprint density at radius 1 is 0.741 bits per heavy atom. The molecule has 2 fully saturated rings. The molecule has 4 aliphatic carbocycles. The molecule has 3 heteroatoms. The van der Waals surface area contributed by atoms with Crippen molar-refractivity contribution in [1.29, 1.82) is 0 Å². The van der Waals surface area contributed by atoms with E-state index >= 15 is 0 Å². The Bertz CT molecular complexity index is 632. The quantitative estimate of drug-likeness (QED) is 0.549. The van der Waals surface area contributed by atoms with Crippen LogP contribution in [0, 0.1) is 35.5 Å². The van der Waals surface area contributed by atoms with Crippen molar-refractivity contribution in [3.8, 4) is 0 Å². The topological polar surface area (TPSA) is 0 Å². The Balaban J connectivity index is 0.00000131. The van der Waals surface area contributed by atoms with Gasteiger partial charge in [-0.1, -0.05) is 0 Å². The first-order chi connectivity index (χ1) is 11.8. The third-order valence-electron chi connectivity index (χ3n) is 8.79. The SMILES string of the molecule is CC1C2CC=CC=C2[C](C)([Zr+2][C]2(C)C3=CC=CCC3C(C)C2C)C1C.[Cl-].[Cl-]. The summed E-state index contributed by atoms with van der Waals surface area (Å²) in [6, 6.07) is 0. The fourth-order valence-electron chi connectivity index (χ4n) is 6.59. The number of hydrogen-bond donors (Lipinski definition) is 0. The van der Waals surface area contributed by atoms with Crippen molar-refractivity contribution in [1.82, 2.24) is 0 Å². The molecule has 0 aromatic carbocycles. The number of rotatable bonds is 2. The molecule has 0 bridgehead atoms. The standard InChI is InChI=1S/2C12H17.2ClH.Zr/c2*1-8-9(2)11-6-4-5-7-12(11)10(8)3;;;/h2*4-6,8,10,12H,7H2,1-3H3;2*1H;/q;;;;+2/p-2. The molecule has 8 atom stereocenters. The predicted octanol–water partition coefficient (Wildman–Crippen LogP) is 1.01. The molecule has 0 saturated heterocycles. The normalized spacial score (nSPS) is 47.0. The van der Waals surface area contributed by atoms with Crippen molar-refractivity contribution in [2.75, 3.05) is 0 Å².